The third kappa shape index (κ3) is 5.61. The fourth-order valence-electron chi connectivity index (χ4n) is 1.65. The number of aliphatic hydroxyl groups is 1. The van der Waals surface area contributed by atoms with E-state index in [1.165, 1.54) is 0 Å². The number of rotatable bonds is 4. The quantitative estimate of drug-likeness (QED) is 0.837. The molecule has 0 bridgehead atoms. The molecule has 0 aromatic heterocycles. The number of hydrogen-bond acceptors (Lipinski definition) is 2. The van der Waals surface area contributed by atoms with Crippen LogP contribution in [-0.2, 0) is 0 Å². The summed E-state index contributed by atoms with van der Waals surface area (Å²) in [6.07, 6.45) is 0.414. The van der Waals surface area contributed by atoms with E-state index < -0.39 is 0 Å². The third-order valence-electron chi connectivity index (χ3n) is 3.68. The summed E-state index contributed by atoms with van der Waals surface area (Å²) < 4.78 is 0. The fraction of sp³-hybridized carbons (Fsp3) is 0.500. The SMILES string of the molecule is CC(CNC(=O)c1ccccc1C#CCCO)C(C)(C)C. The molecule has 3 nitrogen and oxygen atoms in total. The number of hydrogen-bond donors (Lipinski definition) is 2. The van der Waals surface area contributed by atoms with Crippen molar-refractivity contribution in [3.05, 3.63) is 35.4 Å². The Balaban J connectivity index is 2.77. The summed E-state index contributed by atoms with van der Waals surface area (Å²) in [5, 5.41) is 11.7. The summed E-state index contributed by atoms with van der Waals surface area (Å²) in [5.74, 6) is 6.08. The fourth-order valence-corrected chi connectivity index (χ4v) is 1.65. The van der Waals surface area contributed by atoms with E-state index in [2.05, 4.69) is 44.9 Å². The lowest BCUT2D eigenvalue weighted by molar-refractivity contribution is 0.0937. The van der Waals surface area contributed by atoms with Gasteiger partial charge in [-0.05, 0) is 23.5 Å². The number of carbonyl (C=O) groups is 1. The van der Waals surface area contributed by atoms with Gasteiger partial charge in [-0.1, -0.05) is 51.7 Å². The van der Waals surface area contributed by atoms with Crippen molar-refractivity contribution in [3.63, 3.8) is 0 Å². The topological polar surface area (TPSA) is 49.3 Å². The molecule has 0 radical (unpaired) electrons. The molecular weight excluding hydrogens is 262 g/mol. The second-order valence-corrected chi connectivity index (χ2v) is 6.30. The van der Waals surface area contributed by atoms with E-state index in [9.17, 15) is 4.79 Å². The minimum absolute atomic E-state index is 0.0322. The summed E-state index contributed by atoms with van der Waals surface area (Å²) in [6, 6.07) is 7.30. The van der Waals surface area contributed by atoms with Crippen molar-refractivity contribution in [3.8, 4) is 11.8 Å². The molecule has 1 rings (SSSR count). The largest absolute Gasteiger partial charge is 0.395 e. The highest BCUT2D eigenvalue weighted by Crippen LogP contribution is 2.24. The average molecular weight is 287 g/mol. The molecule has 1 aromatic carbocycles. The van der Waals surface area contributed by atoms with Crippen molar-refractivity contribution in [1.82, 2.24) is 5.32 Å². The molecule has 0 aliphatic heterocycles. The molecular formula is C18H25NO2. The van der Waals surface area contributed by atoms with Crippen molar-refractivity contribution in [1.29, 1.82) is 0 Å². The van der Waals surface area contributed by atoms with Crippen molar-refractivity contribution in [2.75, 3.05) is 13.2 Å². The van der Waals surface area contributed by atoms with Crippen LogP contribution in [0.25, 0.3) is 0 Å². The van der Waals surface area contributed by atoms with Gasteiger partial charge in [0.15, 0.2) is 0 Å². The van der Waals surface area contributed by atoms with E-state index in [1.807, 2.05) is 18.2 Å². The van der Waals surface area contributed by atoms with Crippen LogP contribution >= 0.6 is 0 Å². The standard InChI is InChI=1S/C18H25NO2/c1-14(18(2,3)4)13-19-17(21)16-11-6-5-9-15(16)10-7-8-12-20/h5-6,9,11,14,20H,8,12-13H2,1-4H3,(H,19,21). The van der Waals surface area contributed by atoms with Crippen LogP contribution in [0, 0.1) is 23.2 Å². The highest BCUT2D eigenvalue weighted by atomic mass is 16.2. The molecule has 114 valence electrons. The second kappa shape index (κ2) is 7.85. The zero-order valence-electron chi connectivity index (χ0n) is 13.4. The summed E-state index contributed by atoms with van der Waals surface area (Å²) in [7, 11) is 0. The first-order valence-electron chi connectivity index (χ1n) is 7.33. The minimum Gasteiger partial charge on any atom is -0.395 e. The first-order chi connectivity index (χ1) is 9.86. The number of benzene rings is 1. The van der Waals surface area contributed by atoms with Crippen LogP contribution in [0.2, 0.25) is 0 Å². The van der Waals surface area contributed by atoms with Crippen LogP contribution in [0.4, 0.5) is 0 Å². The number of nitrogens with one attached hydrogen (secondary N) is 1. The van der Waals surface area contributed by atoms with Gasteiger partial charge in [-0.25, -0.2) is 0 Å². The van der Waals surface area contributed by atoms with Gasteiger partial charge in [0.25, 0.3) is 5.91 Å². The van der Waals surface area contributed by atoms with E-state index in [0.717, 1.165) is 0 Å². The number of amides is 1. The van der Waals surface area contributed by atoms with Crippen LogP contribution in [0.15, 0.2) is 24.3 Å². The van der Waals surface area contributed by atoms with Crippen LogP contribution < -0.4 is 5.32 Å². The molecule has 0 fully saturated rings. The van der Waals surface area contributed by atoms with Gasteiger partial charge in [0.05, 0.1) is 12.2 Å². The molecule has 3 heteroatoms. The van der Waals surface area contributed by atoms with Crippen LogP contribution in [-0.4, -0.2) is 24.2 Å². The summed E-state index contributed by atoms with van der Waals surface area (Å²) in [4.78, 5) is 12.3. The van der Waals surface area contributed by atoms with E-state index in [0.29, 0.717) is 30.0 Å². The maximum absolute atomic E-state index is 12.3. The minimum atomic E-state index is -0.0972. The molecule has 0 heterocycles. The maximum Gasteiger partial charge on any atom is 0.252 e. The first kappa shape index (κ1) is 17.3. The van der Waals surface area contributed by atoms with Gasteiger partial charge in [-0.3, -0.25) is 4.79 Å². The average Bonchev–Trinajstić information content (AvgIpc) is 2.44. The van der Waals surface area contributed by atoms with Gasteiger partial charge in [0, 0.05) is 18.5 Å². The Labute approximate surface area is 127 Å². The van der Waals surface area contributed by atoms with Crippen LogP contribution in [0.3, 0.4) is 0 Å². The Morgan fingerprint density at radius 1 is 1.33 bits per heavy atom. The Kier molecular flexibility index (Phi) is 6.45. The molecule has 2 N–H and O–H groups in total. The van der Waals surface area contributed by atoms with Crippen molar-refractivity contribution in [2.24, 2.45) is 11.3 Å². The molecule has 0 saturated carbocycles. The highest BCUT2D eigenvalue weighted by molar-refractivity contribution is 5.96. The smallest absolute Gasteiger partial charge is 0.252 e. The summed E-state index contributed by atoms with van der Waals surface area (Å²) in [5.41, 5.74) is 1.45. The predicted molar refractivity (Wildman–Crippen MR) is 86.0 cm³/mol. The Hall–Kier alpha value is -1.79. The molecule has 0 saturated heterocycles. The normalized spacial score (nSPS) is 12.2. The Bertz CT molecular complexity index is 532. The molecule has 21 heavy (non-hydrogen) atoms. The molecule has 1 unspecified atom stereocenters. The van der Waals surface area contributed by atoms with Crippen molar-refractivity contribution in [2.45, 2.75) is 34.1 Å². The Morgan fingerprint density at radius 3 is 2.62 bits per heavy atom. The molecule has 1 aromatic rings. The van der Waals surface area contributed by atoms with Gasteiger partial charge in [0.1, 0.15) is 0 Å². The third-order valence-corrected chi connectivity index (χ3v) is 3.68. The number of aliphatic hydroxyl groups excluding tert-OH is 1. The zero-order chi connectivity index (χ0) is 15.9. The Morgan fingerprint density at radius 2 is 2.00 bits per heavy atom. The van der Waals surface area contributed by atoms with Gasteiger partial charge in [-0.15, -0.1) is 0 Å². The van der Waals surface area contributed by atoms with E-state index in [1.54, 1.807) is 6.07 Å². The van der Waals surface area contributed by atoms with Crippen LogP contribution in [0.5, 0.6) is 0 Å². The summed E-state index contributed by atoms with van der Waals surface area (Å²) in [6.45, 7) is 9.30. The highest BCUT2D eigenvalue weighted by Gasteiger charge is 2.20. The zero-order valence-corrected chi connectivity index (χ0v) is 13.4. The number of carbonyl (C=O) groups excluding carboxylic acids is 1. The van der Waals surface area contributed by atoms with Crippen LogP contribution in [0.1, 0.15) is 50.0 Å². The van der Waals surface area contributed by atoms with Gasteiger partial charge < -0.3 is 10.4 Å². The van der Waals surface area contributed by atoms with Gasteiger partial charge in [0.2, 0.25) is 0 Å². The maximum atomic E-state index is 12.3. The molecule has 0 aliphatic carbocycles. The summed E-state index contributed by atoms with van der Waals surface area (Å²) >= 11 is 0. The van der Waals surface area contributed by atoms with Crippen molar-refractivity contribution >= 4 is 5.91 Å². The first-order valence-corrected chi connectivity index (χ1v) is 7.33. The monoisotopic (exact) mass is 287 g/mol. The molecule has 1 amide bonds. The molecule has 0 aliphatic rings. The van der Waals surface area contributed by atoms with Crippen molar-refractivity contribution < 1.29 is 9.90 Å². The lowest BCUT2D eigenvalue weighted by Gasteiger charge is -2.27. The lowest BCUT2D eigenvalue weighted by Crippen LogP contribution is -2.34. The molecule has 1 atom stereocenters. The van der Waals surface area contributed by atoms with Gasteiger partial charge >= 0.3 is 0 Å². The van der Waals surface area contributed by atoms with E-state index in [4.69, 9.17) is 5.11 Å². The lowest BCUT2D eigenvalue weighted by atomic mass is 9.82. The van der Waals surface area contributed by atoms with E-state index >= 15 is 0 Å². The predicted octanol–water partition coefficient (Wildman–Crippen LogP) is 2.83. The van der Waals surface area contributed by atoms with E-state index in [-0.39, 0.29) is 17.9 Å². The second-order valence-electron chi connectivity index (χ2n) is 6.30. The van der Waals surface area contributed by atoms with Gasteiger partial charge in [-0.2, -0.15) is 0 Å². The molecule has 0 spiro atoms.